The molecule has 194 valence electrons. The Kier molecular flexibility index (Phi) is 7.49. The maximum Gasteiger partial charge on any atom is 0.256 e. The van der Waals surface area contributed by atoms with Crippen molar-refractivity contribution < 1.29 is 13.5 Å². The fourth-order valence-electron chi connectivity index (χ4n) is 5.10. The van der Waals surface area contributed by atoms with Gasteiger partial charge in [0.25, 0.3) is 5.91 Å². The zero-order chi connectivity index (χ0) is 26.0. The molecule has 0 saturated heterocycles. The van der Waals surface area contributed by atoms with Crippen LogP contribution in [0.1, 0.15) is 63.2 Å². The summed E-state index contributed by atoms with van der Waals surface area (Å²) in [5, 5.41) is 4.16. The average Bonchev–Trinajstić information content (AvgIpc) is 3.59. The highest BCUT2D eigenvalue weighted by molar-refractivity contribution is 7.86. The number of hydrogen-bond acceptors (Lipinski definition) is 5. The van der Waals surface area contributed by atoms with Crippen molar-refractivity contribution in [2.75, 3.05) is 4.72 Å². The Bertz CT molecular complexity index is 1350. The molecule has 1 spiro atoms. The van der Waals surface area contributed by atoms with Crippen LogP contribution in [0.5, 0.6) is 0 Å². The van der Waals surface area contributed by atoms with Crippen LogP contribution >= 0.6 is 11.6 Å². The standard InChI is InChI=1S/C28H31ClN4O3S/c1-3-4-11-24-30-28(16-7-8-17-28)27(34)33(24)18-20-12-14-21(15-13-20)22-9-5-6-10-23(22)37(35)32-26-25(29)19(2)36-31-26/h5-6,9-10,12-15H,3-4,7-8,11,16-18H2,1-2H3,(H,31,32). The van der Waals surface area contributed by atoms with E-state index in [9.17, 15) is 9.00 Å². The summed E-state index contributed by atoms with van der Waals surface area (Å²) in [5.41, 5.74) is 2.28. The first-order chi connectivity index (χ1) is 17.9. The number of nitrogens with zero attached hydrogens (tertiary/aromatic N) is 3. The molecule has 3 aromatic rings. The summed E-state index contributed by atoms with van der Waals surface area (Å²) in [6.45, 7) is 4.37. The van der Waals surface area contributed by atoms with E-state index in [1.54, 1.807) is 6.92 Å². The summed E-state index contributed by atoms with van der Waals surface area (Å²) in [7, 11) is -1.60. The highest BCUT2D eigenvalue weighted by Crippen LogP contribution is 2.40. The Balaban J connectivity index is 1.35. The third kappa shape index (κ3) is 5.09. The molecule has 2 aliphatic rings. The summed E-state index contributed by atoms with van der Waals surface area (Å²) in [5.74, 6) is 1.81. The van der Waals surface area contributed by atoms with Gasteiger partial charge in [-0.2, -0.15) is 0 Å². The highest BCUT2D eigenvalue weighted by Gasteiger charge is 2.49. The molecule has 5 rings (SSSR count). The molecule has 0 bridgehead atoms. The van der Waals surface area contributed by atoms with E-state index in [0.29, 0.717) is 22.2 Å². The molecular formula is C28H31ClN4O3S. The lowest BCUT2D eigenvalue weighted by molar-refractivity contribution is -0.131. The normalized spacial score (nSPS) is 17.4. The van der Waals surface area contributed by atoms with Crippen molar-refractivity contribution in [2.45, 2.75) is 75.8 Å². The van der Waals surface area contributed by atoms with Crippen molar-refractivity contribution in [1.29, 1.82) is 0 Å². The molecule has 7 nitrogen and oxygen atoms in total. The average molecular weight is 539 g/mol. The molecule has 0 radical (unpaired) electrons. The number of rotatable bonds is 9. The van der Waals surface area contributed by atoms with E-state index in [2.05, 4.69) is 16.8 Å². The minimum absolute atomic E-state index is 0.161. The maximum atomic E-state index is 13.4. The van der Waals surface area contributed by atoms with E-state index in [4.69, 9.17) is 21.1 Å². The first kappa shape index (κ1) is 25.7. The SMILES string of the molecule is CCCCC1=NC2(CCCC2)C(=O)N1Cc1ccc(-c2ccccc2S(=O)Nc2noc(C)c2Cl)cc1. The minimum atomic E-state index is -1.60. The molecule has 1 aliphatic heterocycles. The molecule has 1 N–H and O–H groups in total. The first-order valence-corrected chi connectivity index (χ1v) is 14.3. The van der Waals surface area contributed by atoms with Gasteiger partial charge < -0.3 is 4.52 Å². The zero-order valence-corrected chi connectivity index (χ0v) is 22.7. The quantitative estimate of drug-likeness (QED) is 0.329. The molecule has 1 aliphatic carbocycles. The molecule has 1 amide bonds. The van der Waals surface area contributed by atoms with Gasteiger partial charge in [-0.05, 0) is 48.9 Å². The summed E-state index contributed by atoms with van der Waals surface area (Å²) in [6, 6.07) is 15.6. The van der Waals surface area contributed by atoms with Crippen LogP contribution in [0, 0.1) is 6.92 Å². The number of aryl methyl sites for hydroxylation is 1. The zero-order valence-electron chi connectivity index (χ0n) is 21.1. The Morgan fingerprint density at radius 2 is 1.86 bits per heavy atom. The number of anilines is 1. The van der Waals surface area contributed by atoms with Crippen LogP contribution in [0.4, 0.5) is 5.82 Å². The van der Waals surface area contributed by atoms with Crippen molar-refractivity contribution in [3.05, 3.63) is 64.9 Å². The number of aromatic nitrogens is 1. The van der Waals surface area contributed by atoms with Gasteiger partial charge in [-0.3, -0.25) is 19.4 Å². The van der Waals surface area contributed by atoms with E-state index >= 15 is 0 Å². The Hall–Kier alpha value is -2.97. The Morgan fingerprint density at radius 3 is 2.54 bits per heavy atom. The van der Waals surface area contributed by atoms with Gasteiger partial charge in [0.1, 0.15) is 16.4 Å². The number of hydrogen-bond donors (Lipinski definition) is 1. The summed E-state index contributed by atoms with van der Waals surface area (Å²) in [4.78, 5) is 20.9. The topological polar surface area (TPSA) is 87.8 Å². The molecule has 2 heterocycles. The number of aliphatic imine (C=N–C) groups is 1. The second-order valence-electron chi connectivity index (χ2n) is 9.73. The molecule has 1 aromatic heterocycles. The van der Waals surface area contributed by atoms with E-state index in [1.807, 2.05) is 53.4 Å². The number of amides is 1. The Morgan fingerprint density at radius 1 is 1.14 bits per heavy atom. The van der Waals surface area contributed by atoms with Crippen LogP contribution < -0.4 is 4.72 Å². The number of carbonyl (C=O) groups excluding carboxylic acids is 1. The number of nitrogens with one attached hydrogen (secondary N) is 1. The van der Waals surface area contributed by atoms with Crippen LogP contribution in [0.3, 0.4) is 0 Å². The number of amidine groups is 1. The third-order valence-corrected chi connectivity index (χ3v) is 8.73. The van der Waals surface area contributed by atoms with Gasteiger partial charge in [0, 0.05) is 6.42 Å². The van der Waals surface area contributed by atoms with Crippen LogP contribution in [0.2, 0.25) is 5.02 Å². The van der Waals surface area contributed by atoms with Crippen LogP contribution in [0.25, 0.3) is 11.1 Å². The van der Waals surface area contributed by atoms with Gasteiger partial charge >= 0.3 is 0 Å². The number of halogens is 1. The lowest BCUT2D eigenvalue weighted by Gasteiger charge is -2.23. The lowest BCUT2D eigenvalue weighted by atomic mass is 9.98. The Labute approximate surface area is 224 Å². The molecule has 9 heteroatoms. The second kappa shape index (κ2) is 10.8. The van der Waals surface area contributed by atoms with Crippen molar-refractivity contribution in [1.82, 2.24) is 10.1 Å². The highest BCUT2D eigenvalue weighted by atomic mass is 35.5. The van der Waals surface area contributed by atoms with Crippen molar-refractivity contribution in [3.8, 4) is 11.1 Å². The second-order valence-corrected chi connectivity index (χ2v) is 11.3. The fourth-order valence-corrected chi connectivity index (χ4v) is 6.29. The van der Waals surface area contributed by atoms with Crippen molar-refractivity contribution in [2.24, 2.45) is 4.99 Å². The van der Waals surface area contributed by atoms with E-state index in [1.165, 1.54) is 0 Å². The molecule has 37 heavy (non-hydrogen) atoms. The van der Waals surface area contributed by atoms with Gasteiger partial charge in [0.05, 0.1) is 11.4 Å². The van der Waals surface area contributed by atoms with Gasteiger partial charge in [0.2, 0.25) is 5.82 Å². The van der Waals surface area contributed by atoms with Crippen LogP contribution in [-0.2, 0) is 22.3 Å². The molecule has 1 atom stereocenters. The molecule has 1 unspecified atom stereocenters. The van der Waals surface area contributed by atoms with E-state index in [-0.39, 0.29) is 11.7 Å². The first-order valence-electron chi connectivity index (χ1n) is 12.8. The summed E-state index contributed by atoms with van der Waals surface area (Å²) < 4.78 is 21.1. The van der Waals surface area contributed by atoms with E-state index < -0.39 is 16.5 Å². The van der Waals surface area contributed by atoms with Gasteiger partial charge in [0.15, 0.2) is 16.7 Å². The van der Waals surface area contributed by atoms with Gasteiger partial charge in [-0.25, -0.2) is 4.21 Å². The predicted molar refractivity (Wildman–Crippen MR) is 147 cm³/mol. The summed E-state index contributed by atoms with van der Waals surface area (Å²) in [6.07, 6.45) is 6.78. The molecule has 1 saturated carbocycles. The lowest BCUT2D eigenvalue weighted by Crippen LogP contribution is -2.40. The fraction of sp³-hybridized carbons (Fsp3) is 0.393. The maximum absolute atomic E-state index is 13.4. The van der Waals surface area contributed by atoms with Crippen molar-refractivity contribution in [3.63, 3.8) is 0 Å². The van der Waals surface area contributed by atoms with E-state index in [0.717, 1.165) is 67.5 Å². The molecular weight excluding hydrogens is 508 g/mol. The van der Waals surface area contributed by atoms with Gasteiger partial charge in [-0.15, -0.1) is 0 Å². The number of unbranched alkanes of at least 4 members (excludes halogenated alkanes) is 1. The van der Waals surface area contributed by atoms with Crippen LogP contribution in [-0.4, -0.2) is 31.5 Å². The van der Waals surface area contributed by atoms with Crippen LogP contribution in [0.15, 0.2) is 62.9 Å². The third-order valence-electron chi connectivity index (χ3n) is 7.16. The minimum Gasteiger partial charge on any atom is -0.358 e. The summed E-state index contributed by atoms with van der Waals surface area (Å²) >= 11 is 6.18. The van der Waals surface area contributed by atoms with Crippen molar-refractivity contribution >= 4 is 40.1 Å². The monoisotopic (exact) mass is 538 g/mol. The molecule has 2 aromatic carbocycles. The molecule has 1 fully saturated rings. The largest absolute Gasteiger partial charge is 0.358 e. The smallest absolute Gasteiger partial charge is 0.256 e. The predicted octanol–water partition coefficient (Wildman–Crippen LogP) is 6.68. The number of benzene rings is 2. The van der Waals surface area contributed by atoms with Gasteiger partial charge in [-0.1, -0.05) is 85.4 Å². The number of carbonyl (C=O) groups is 1.